The van der Waals surface area contributed by atoms with Crippen molar-refractivity contribution in [1.29, 1.82) is 0 Å². The highest BCUT2D eigenvalue weighted by molar-refractivity contribution is 5.96. The lowest BCUT2D eigenvalue weighted by atomic mass is 10.1. The summed E-state index contributed by atoms with van der Waals surface area (Å²) in [6.07, 6.45) is 0. The van der Waals surface area contributed by atoms with E-state index in [4.69, 9.17) is 0 Å². The maximum Gasteiger partial charge on any atom is 0.224 e. The van der Waals surface area contributed by atoms with Crippen molar-refractivity contribution in [2.45, 2.75) is 19.9 Å². The second kappa shape index (κ2) is 3.33. The molecule has 1 atom stereocenters. The van der Waals surface area contributed by atoms with Crippen molar-refractivity contribution in [3.63, 3.8) is 0 Å². The van der Waals surface area contributed by atoms with Crippen LogP contribution < -0.4 is 10.2 Å². The van der Waals surface area contributed by atoms with Crippen LogP contribution in [0.5, 0.6) is 0 Å². The van der Waals surface area contributed by atoms with Gasteiger partial charge in [0.1, 0.15) is 0 Å². The number of benzene rings is 1. The molecule has 0 radical (unpaired) electrons. The Morgan fingerprint density at radius 2 is 2.21 bits per heavy atom. The van der Waals surface area contributed by atoms with Crippen molar-refractivity contribution in [2.75, 3.05) is 16.8 Å². The Labute approximate surface area is 83.7 Å². The lowest BCUT2D eigenvalue weighted by Crippen LogP contribution is -2.44. The number of fused-ring (bicyclic) bond motifs is 1. The summed E-state index contributed by atoms with van der Waals surface area (Å²) in [5, 5.41) is 3.30. The van der Waals surface area contributed by atoms with Gasteiger partial charge in [-0.1, -0.05) is 12.1 Å². The summed E-state index contributed by atoms with van der Waals surface area (Å²) in [5.41, 5.74) is 2.03. The summed E-state index contributed by atoms with van der Waals surface area (Å²) < 4.78 is 0. The third-order valence-electron chi connectivity index (χ3n) is 2.53. The first-order chi connectivity index (χ1) is 6.70. The SMILES string of the molecule is CC(=O)N1c2ccccc2NC[C@@H]1C. The Morgan fingerprint density at radius 3 is 2.93 bits per heavy atom. The normalized spacial score (nSPS) is 19.9. The lowest BCUT2D eigenvalue weighted by molar-refractivity contribution is -0.116. The van der Waals surface area contributed by atoms with Gasteiger partial charge in [0.05, 0.1) is 17.4 Å². The Kier molecular flexibility index (Phi) is 2.15. The maximum absolute atomic E-state index is 11.5. The standard InChI is InChI=1S/C11H14N2O/c1-8-7-12-10-5-3-4-6-11(10)13(8)9(2)14/h3-6,8,12H,7H2,1-2H3/t8-/m0/s1. The van der Waals surface area contributed by atoms with Crippen LogP contribution in [0.15, 0.2) is 24.3 Å². The van der Waals surface area contributed by atoms with Crippen molar-refractivity contribution in [3.8, 4) is 0 Å². The van der Waals surface area contributed by atoms with E-state index < -0.39 is 0 Å². The number of carbonyl (C=O) groups excluding carboxylic acids is 1. The van der Waals surface area contributed by atoms with Gasteiger partial charge in [0.15, 0.2) is 0 Å². The molecule has 3 heteroatoms. The highest BCUT2D eigenvalue weighted by atomic mass is 16.2. The highest BCUT2D eigenvalue weighted by Gasteiger charge is 2.24. The minimum Gasteiger partial charge on any atom is -0.381 e. The molecule has 1 N–H and O–H groups in total. The Balaban J connectivity index is 2.46. The molecule has 2 rings (SSSR count). The molecule has 1 amide bonds. The number of anilines is 2. The van der Waals surface area contributed by atoms with E-state index in [2.05, 4.69) is 5.32 Å². The summed E-state index contributed by atoms with van der Waals surface area (Å²) >= 11 is 0. The van der Waals surface area contributed by atoms with E-state index in [0.29, 0.717) is 0 Å². The first-order valence-electron chi connectivity index (χ1n) is 4.83. The molecular weight excluding hydrogens is 176 g/mol. The molecule has 0 aromatic heterocycles. The van der Waals surface area contributed by atoms with Gasteiger partial charge < -0.3 is 10.2 Å². The molecule has 14 heavy (non-hydrogen) atoms. The number of rotatable bonds is 0. The van der Waals surface area contributed by atoms with Crippen LogP contribution in [0, 0.1) is 0 Å². The molecule has 1 aromatic rings. The Morgan fingerprint density at radius 1 is 1.50 bits per heavy atom. The zero-order chi connectivity index (χ0) is 10.1. The van der Waals surface area contributed by atoms with E-state index in [0.717, 1.165) is 17.9 Å². The van der Waals surface area contributed by atoms with Gasteiger partial charge in [-0.2, -0.15) is 0 Å². The summed E-state index contributed by atoms with van der Waals surface area (Å²) in [7, 11) is 0. The smallest absolute Gasteiger partial charge is 0.224 e. The van der Waals surface area contributed by atoms with Crippen molar-refractivity contribution in [2.24, 2.45) is 0 Å². The first-order valence-corrected chi connectivity index (χ1v) is 4.83. The molecule has 0 unspecified atom stereocenters. The molecule has 0 saturated heterocycles. The monoisotopic (exact) mass is 190 g/mol. The van der Waals surface area contributed by atoms with Crippen LogP contribution in [0.4, 0.5) is 11.4 Å². The number of hydrogen-bond acceptors (Lipinski definition) is 2. The molecule has 74 valence electrons. The zero-order valence-electron chi connectivity index (χ0n) is 8.45. The van der Waals surface area contributed by atoms with Gasteiger partial charge in [0, 0.05) is 13.5 Å². The molecule has 0 bridgehead atoms. The quantitative estimate of drug-likeness (QED) is 0.677. The molecule has 3 nitrogen and oxygen atoms in total. The van der Waals surface area contributed by atoms with Crippen LogP contribution in [-0.4, -0.2) is 18.5 Å². The van der Waals surface area contributed by atoms with Crippen LogP contribution in [0.1, 0.15) is 13.8 Å². The molecule has 1 heterocycles. The molecule has 0 spiro atoms. The van der Waals surface area contributed by atoms with Crippen molar-refractivity contribution >= 4 is 17.3 Å². The van der Waals surface area contributed by atoms with Gasteiger partial charge in [0.2, 0.25) is 5.91 Å². The van der Waals surface area contributed by atoms with Gasteiger partial charge in [-0.3, -0.25) is 4.79 Å². The highest BCUT2D eigenvalue weighted by Crippen LogP contribution is 2.30. The lowest BCUT2D eigenvalue weighted by Gasteiger charge is -2.35. The van der Waals surface area contributed by atoms with Crippen LogP contribution in [0.2, 0.25) is 0 Å². The molecule has 1 aromatic carbocycles. The Hall–Kier alpha value is -1.51. The van der Waals surface area contributed by atoms with Gasteiger partial charge in [-0.15, -0.1) is 0 Å². The topological polar surface area (TPSA) is 32.3 Å². The third-order valence-corrected chi connectivity index (χ3v) is 2.53. The van der Waals surface area contributed by atoms with Crippen molar-refractivity contribution in [1.82, 2.24) is 0 Å². The van der Waals surface area contributed by atoms with E-state index in [1.807, 2.05) is 36.1 Å². The molecule has 0 saturated carbocycles. The fourth-order valence-corrected chi connectivity index (χ4v) is 1.90. The second-order valence-electron chi connectivity index (χ2n) is 3.64. The summed E-state index contributed by atoms with van der Waals surface area (Å²) in [6.45, 7) is 4.47. The molecule has 0 aliphatic carbocycles. The molecule has 1 aliphatic rings. The third kappa shape index (κ3) is 1.35. The fourth-order valence-electron chi connectivity index (χ4n) is 1.90. The average molecular weight is 190 g/mol. The zero-order valence-corrected chi connectivity index (χ0v) is 8.45. The molecular formula is C11H14N2O. The average Bonchev–Trinajstić information content (AvgIpc) is 2.17. The van der Waals surface area contributed by atoms with E-state index in [-0.39, 0.29) is 11.9 Å². The predicted molar refractivity (Wildman–Crippen MR) is 57.6 cm³/mol. The number of carbonyl (C=O) groups is 1. The first kappa shape index (κ1) is 9.06. The Bertz CT molecular complexity index is 362. The largest absolute Gasteiger partial charge is 0.381 e. The van der Waals surface area contributed by atoms with Gasteiger partial charge in [-0.05, 0) is 19.1 Å². The van der Waals surface area contributed by atoms with Gasteiger partial charge in [-0.25, -0.2) is 0 Å². The van der Waals surface area contributed by atoms with Crippen LogP contribution >= 0.6 is 0 Å². The summed E-state index contributed by atoms with van der Waals surface area (Å²) in [4.78, 5) is 13.3. The minimum absolute atomic E-state index is 0.103. The van der Waals surface area contributed by atoms with Crippen LogP contribution in [0.3, 0.4) is 0 Å². The number of hydrogen-bond donors (Lipinski definition) is 1. The van der Waals surface area contributed by atoms with E-state index in [9.17, 15) is 4.79 Å². The van der Waals surface area contributed by atoms with Gasteiger partial charge in [0.25, 0.3) is 0 Å². The summed E-state index contributed by atoms with van der Waals surface area (Å²) in [6, 6.07) is 8.12. The van der Waals surface area contributed by atoms with E-state index in [1.54, 1.807) is 6.92 Å². The number of nitrogens with zero attached hydrogens (tertiary/aromatic N) is 1. The minimum atomic E-state index is 0.103. The predicted octanol–water partition coefficient (Wildman–Crippen LogP) is 1.85. The van der Waals surface area contributed by atoms with E-state index in [1.165, 1.54) is 0 Å². The van der Waals surface area contributed by atoms with Crippen molar-refractivity contribution < 1.29 is 4.79 Å². The van der Waals surface area contributed by atoms with Gasteiger partial charge >= 0.3 is 0 Å². The number of para-hydroxylation sites is 2. The maximum atomic E-state index is 11.5. The summed E-state index contributed by atoms with van der Waals surface area (Å²) in [5.74, 6) is 0.103. The van der Waals surface area contributed by atoms with Crippen LogP contribution in [0.25, 0.3) is 0 Å². The van der Waals surface area contributed by atoms with Crippen molar-refractivity contribution in [3.05, 3.63) is 24.3 Å². The van der Waals surface area contributed by atoms with Crippen LogP contribution in [-0.2, 0) is 4.79 Å². The fraction of sp³-hybridized carbons (Fsp3) is 0.364. The number of amides is 1. The molecule has 1 aliphatic heterocycles. The van der Waals surface area contributed by atoms with E-state index >= 15 is 0 Å². The second-order valence-corrected chi connectivity index (χ2v) is 3.64. The number of nitrogens with one attached hydrogen (secondary N) is 1. The molecule has 0 fully saturated rings.